The number of phenolic OH excluding ortho intramolecular Hbond substituents is 1. The molecule has 0 spiro atoms. The Balaban J connectivity index is 1.44. The average molecular weight is 617 g/mol. The number of carbonyl (C=O) groups excluding carboxylic acids is 5. The highest BCUT2D eigenvalue weighted by Gasteiger charge is 2.68. The van der Waals surface area contributed by atoms with Gasteiger partial charge in [-0.2, -0.15) is 4.90 Å². The standard InChI is InChI=1S/C33H26ClFN2O7/c1-33-22(29(40)36(31(33)42)15-7-11-24(35)23(34)13-15)14-21-19(8-9-20-26(21)30(41)37(28(20)39)32(43)44-2)27(33)18-10-12-25(38)17-6-4-3-5-16(17)18/h3-8,10-13,20-22,26-27,38H,9,14H2,1-2H3/t20-,21+,22-,26-,27-,33+/m0/s1. The first kappa shape index (κ1) is 28.2. The number of aromatic hydroxyl groups is 1. The van der Waals surface area contributed by atoms with Crippen molar-refractivity contribution < 1.29 is 38.2 Å². The van der Waals surface area contributed by atoms with Gasteiger partial charge in [0.2, 0.25) is 23.6 Å². The molecule has 0 unspecified atom stereocenters. The van der Waals surface area contributed by atoms with E-state index < -0.39 is 70.5 Å². The lowest BCUT2D eigenvalue weighted by Crippen LogP contribution is -2.49. The molecule has 2 aliphatic carbocycles. The maximum absolute atomic E-state index is 14.6. The summed E-state index contributed by atoms with van der Waals surface area (Å²) in [5.74, 6) is -7.14. The summed E-state index contributed by atoms with van der Waals surface area (Å²) in [7, 11) is 1.09. The summed E-state index contributed by atoms with van der Waals surface area (Å²) in [6, 6.07) is 14.0. The fraction of sp³-hybridized carbons (Fsp3) is 0.303. The van der Waals surface area contributed by atoms with Gasteiger partial charge in [-0.1, -0.05) is 53.6 Å². The molecular weight excluding hydrogens is 591 g/mol. The van der Waals surface area contributed by atoms with Crippen LogP contribution in [-0.2, 0) is 23.9 Å². The SMILES string of the molecule is COC(=O)N1C(=O)[C@H]2[C@H](CC=C3[C@H]2C[C@H]2C(=O)N(c4ccc(F)c(Cl)c4)C(=O)[C@@]2(C)[C@H]3c2ccc(O)c3ccccc23)C1=O. The smallest absolute Gasteiger partial charge is 0.423 e. The molecule has 0 aromatic heterocycles. The molecule has 0 radical (unpaired) electrons. The van der Waals surface area contributed by atoms with Crippen LogP contribution in [0.15, 0.2) is 66.2 Å². The number of likely N-dealkylation sites (tertiary alicyclic amines) is 1. The third-order valence-corrected chi connectivity index (χ3v) is 10.3. The van der Waals surface area contributed by atoms with Gasteiger partial charge < -0.3 is 9.84 Å². The largest absolute Gasteiger partial charge is 0.507 e. The van der Waals surface area contributed by atoms with Crippen molar-refractivity contribution in [3.8, 4) is 5.75 Å². The van der Waals surface area contributed by atoms with Crippen molar-refractivity contribution in [2.75, 3.05) is 12.0 Å². The Morgan fingerprint density at radius 2 is 1.73 bits per heavy atom. The lowest BCUT2D eigenvalue weighted by molar-refractivity contribution is -0.138. The minimum absolute atomic E-state index is 0.0396. The number of carbonyl (C=O) groups is 5. The Kier molecular flexibility index (Phi) is 6.23. The van der Waals surface area contributed by atoms with Crippen molar-refractivity contribution in [3.05, 3.63) is 82.6 Å². The molecule has 7 rings (SSSR count). The number of ether oxygens (including phenoxy) is 1. The fourth-order valence-electron chi connectivity index (χ4n) is 8.06. The van der Waals surface area contributed by atoms with Gasteiger partial charge in [0.05, 0.1) is 41.0 Å². The van der Waals surface area contributed by atoms with E-state index >= 15 is 0 Å². The van der Waals surface area contributed by atoms with E-state index in [0.717, 1.165) is 18.1 Å². The van der Waals surface area contributed by atoms with Crippen LogP contribution in [0.1, 0.15) is 31.2 Å². The Morgan fingerprint density at radius 3 is 2.43 bits per heavy atom. The summed E-state index contributed by atoms with van der Waals surface area (Å²) in [6.45, 7) is 1.72. The van der Waals surface area contributed by atoms with Gasteiger partial charge in [-0.15, -0.1) is 0 Å². The number of halogens is 2. The Bertz CT molecular complexity index is 1870. The molecule has 11 heteroatoms. The number of fused-ring (bicyclic) bond motifs is 5. The molecule has 2 heterocycles. The van der Waals surface area contributed by atoms with E-state index in [0.29, 0.717) is 26.8 Å². The molecular formula is C33H26ClFN2O7. The number of rotatable bonds is 2. The lowest BCUT2D eigenvalue weighted by atomic mass is 9.51. The number of phenols is 1. The normalized spacial score (nSPS) is 29.5. The highest BCUT2D eigenvalue weighted by atomic mass is 35.5. The number of benzene rings is 3. The van der Waals surface area contributed by atoms with Crippen molar-refractivity contribution in [2.45, 2.75) is 25.7 Å². The number of allylic oxidation sites excluding steroid dienone is 2. The van der Waals surface area contributed by atoms with Crippen molar-refractivity contribution in [1.29, 1.82) is 0 Å². The number of methoxy groups -OCH3 is 1. The van der Waals surface area contributed by atoms with Crippen molar-refractivity contribution >= 4 is 57.8 Å². The number of amides is 5. The van der Waals surface area contributed by atoms with Crippen LogP contribution in [0, 0.1) is 34.9 Å². The second-order valence-corrected chi connectivity index (χ2v) is 12.4. The Labute approximate surface area is 255 Å². The predicted octanol–water partition coefficient (Wildman–Crippen LogP) is 5.34. The molecule has 3 aromatic carbocycles. The van der Waals surface area contributed by atoms with Crippen LogP contribution < -0.4 is 4.90 Å². The molecule has 2 saturated heterocycles. The molecule has 4 aliphatic rings. The molecule has 6 atom stereocenters. The summed E-state index contributed by atoms with van der Waals surface area (Å²) in [6.07, 6.45) is 1.02. The number of hydrogen-bond acceptors (Lipinski definition) is 7. The maximum Gasteiger partial charge on any atom is 0.423 e. The van der Waals surface area contributed by atoms with E-state index in [-0.39, 0.29) is 29.3 Å². The average Bonchev–Trinajstić information content (AvgIpc) is 3.38. The van der Waals surface area contributed by atoms with Gasteiger partial charge in [0.1, 0.15) is 11.6 Å². The predicted molar refractivity (Wildman–Crippen MR) is 156 cm³/mol. The van der Waals surface area contributed by atoms with E-state index in [2.05, 4.69) is 0 Å². The Morgan fingerprint density at radius 1 is 1.00 bits per heavy atom. The van der Waals surface area contributed by atoms with Crippen LogP contribution in [-0.4, -0.2) is 46.8 Å². The maximum atomic E-state index is 14.6. The zero-order chi connectivity index (χ0) is 31.2. The van der Waals surface area contributed by atoms with E-state index in [9.17, 15) is 33.5 Å². The highest BCUT2D eigenvalue weighted by Crippen LogP contribution is 2.64. The van der Waals surface area contributed by atoms with Crippen LogP contribution >= 0.6 is 11.6 Å². The van der Waals surface area contributed by atoms with Gasteiger partial charge in [0, 0.05) is 11.3 Å². The third-order valence-electron chi connectivity index (χ3n) is 10.0. The fourth-order valence-corrected chi connectivity index (χ4v) is 8.23. The highest BCUT2D eigenvalue weighted by molar-refractivity contribution is 6.31. The molecule has 1 saturated carbocycles. The van der Waals surface area contributed by atoms with E-state index in [4.69, 9.17) is 16.3 Å². The first-order valence-electron chi connectivity index (χ1n) is 14.2. The second-order valence-electron chi connectivity index (χ2n) is 12.0. The van der Waals surface area contributed by atoms with Crippen molar-refractivity contribution in [1.82, 2.24) is 4.90 Å². The first-order chi connectivity index (χ1) is 21.0. The van der Waals surface area contributed by atoms with Crippen molar-refractivity contribution in [2.24, 2.45) is 29.1 Å². The minimum Gasteiger partial charge on any atom is -0.507 e. The minimum atomic E-state index is -1.36. The van der Waals surface area contributed by atoms with Gasteiger partial charge in [-0.25, -0.2) is 14.1 Å². The van der Waals surface area contributed by atoms with Gasteiger partial charge in [-0.3, -0.25) is 19.2 Å². The molecule has 224 valence electrons. The molecule has 0 bridgehead atoms. The van der Waals surface area contributed by atoms with Crippen LogP contribution in [0.2, 0.25) is 5.02 Å². The van der Waals surface area contributed by atoms with Gasteiger partial charge in [-0.05, 0) is 60.9 Å². The summed E-state index contributed by atoms with van der Waals surface area (Å²) < 4.78 is 18.8. The summed E-state index contributed by atoms with van der Waals surface area (Å²) in [5, 5.41) is 11.6. The lowest BCUT2D eigenvalue weighted by Gasteiger charge is -2.49. The third kappa shape index (κ3) is 3.60. The van der Waals surface area contributed by atoms with E-state index in [1.165, 1.54) is 18.2 Å². The topological polar surface area (TPSA) is 121 Å². The number of imide groups is 4. The molecule has 44 heavy (non-hydrogen) atoms. The molecule has 3 aromatic rings. The second kappa shape index (κ2) is 9.72. The quantitative estimate of drug-likeness (QED) is 0.305. The summed E-state index contributed by atoms with van der Waals surface area (Å²) >= 11 is 6.05. The molecule has 5 amide bonds. The van der Waals surface area contributed by atoms with Crippen LogP contribution in [0.25, 0.3) is 10.8 Å². The Hall–Kier alpha value is -4.57. The molecule has 1 N–H and O–H groups in total. The van der Waals surface area contributed by atoms with Gasteiger partial charge >= 0.3 is 6.09 Å². The molecule has 3 fully saturated rings. The van der Waals surface area contributed by atoms with Gasteiger partial charge in [0.25, 0.3) is 0 Å². The molecule has 2 aliphatic heterocycles. The van der Waals surface area contributed by atoms with Crippen LogP contribution in [0.4, 0.5) is 14.9 Å². The first-order valence-corrected chi connectivity index (χ1v) is 14.6. The van der Waals surface area contributed by atoms with Gasteiger partial charge in [0.15, 0.2) is 0 Å². The van der Waals surface area contributed by atoms with Crippen LogP contribution in [0.3, 0.4) is 0 Å². The summed E-state index contributed by atoms with van der Waals surface area (Å²) in [4.78, 5) is 69.8. The van der Waals surface area contributed by atoms with Crippen molar-refractivity contribution in [3.63, 3.8) is 0 Å². The number of anilines is 1. The van der Waals surface area contributed by atoms with E-state index in [1.807, 2.05) is 12.1 Å². The van der Waals surface area contributed by atoms with Crippen LogP contribution in [0.5, 0.6) is 5.75 Å². The number of nitrogens with zero attached hydrogens (tertiary/aromatic N) is 2. The monoisotopic (exact) mass is 616 g/mol. The van der Waals surface area contributed by atoms with E-state index in [1.54, 1.807) is 31.2 Å². The zero-order valence-corrected chi connectivity index (χ0v) is 24.4. The zero-order valence-electron chi connectivity index (χ0n) is 23.6. The number of hydrogen-bond donors (Lipinski definition) is 1. The molecule has 9 nitrogen and oxygen atoms in total. The summed E-state index contributed by atoms with van der Waals surface area (Å²) in [5.41, 5.74) is 0.145.